The highest BCUT2D eigenvalue weighted by Crippen LogP contribution is 2.09. The molecular formula is C10H22N2S3. The van der Waals surface area contributed by atoms with Crippen LogP contribution < -0.4 is 10.6 Å². The summed E-state index contributed by atoms with van der Waals surface area (Å²) in [7, 11) is 0. The summed E-state index contributed by atoms with van der Waals surface area (Å²) in [6, 6.07) is 0. The van der Waals surface area contributed by atoms with Crippen LogP contribution in [0.4, 0.5) is 0 Å². The van der Waals surface area contributed by atoms with Gasteiger partial charge in [-0.1, -0.05) is 0 Å². The van der Waals surface area contributed by atoms with E-state index in [1.54, 1.807) is 0 Å². The van der Waals surface area contributed by atoms with Gasteiger partial charge in [-0.15, -0.1) is 0 Å². The molecule has 0 bridgehead atoms. The number of rotatable bonds is 0. The molecule has 1 rings (SSSR count). The predicted octanol–water partition coefficient (Wildman–Crippen LogP) is 1.38. The molecular weight excluding hydrogens is 244 g/mol. The molecule has 0 aromatic heterocycles. The Bertz CT molecular complexity index is 77.2. The molecule has 1 fully saturated rings. The molecule has 0 aromatic rings. The van der Waals surface area contributed by atoms with Crippen LogP contribution >= 0.6 is 35.3 Å². The Balaban J connectivity index is 2.01. The average molecular weight is 267 g/mol. The zero-order valence-electron chi connectivity index (χ0n) is 9.30. The first-order valence-corrected chi connectivity index (χ1v) is 9.11. The van der Waals surface area contributed by atoms with Gasteiger partial charge in [0.1, 0.15) is 0 Å². The predicted molar refractivity (Wildman–Crippen MR) is 77.7 cm³/mol. The Morgan fingerprint density at radius 1 is 0.467 bits per heavy atom. The van der Waals surface area contributed by atoms with Crippen LogP contribution in [0, 0.1) is 0 Å². The third kappa shape index (κ3) is 9.87. The van der Waals surface area contributed by atoms with Crippen LogP contribution in [0.3, 0.4) is 0 Å². The van der Waals surface area contributed by atoms with Gasteiger partial charge >= 0.3 is 0 Å². The van der Waals surface area contributed by atoms with Crippen LogP contribution in [0.25, 0.3) is 0 Å². The third-order valence-corrected chi connectivity index (χ3v) is 5.54. The highest BCUT2D eigenvalue weighted by Gasteiger charge is 1.95. The van der Waals surface area contributed by atoms with Gasteiger partial charge < -0.3 is 10.6 Å². The highest BCUT2D eigenvalue weighted by molar-refractivity contribution is 8.04. The standard InChI is InChI=1S/C10H22N2S3/c1-2-12-4-6-14-8-10-15-9-7-13-5-3-11-1/h11-12H,1-10H2. The molecule has 2 N–H and O–H groups in total. The van der Waals surface area contributed by atoms with E-state index in [-0.39, 0.29) is 0 Å². The van der Waals surface area contributed by atoms with E-state index in [1.165, 1.54) is 34.5 Å². The number of hydrogen-bond donors (Lipinski definition) is 2. The highest BCUT2D eigenvalue weighted by atomic mass is 32.2. The zero-order valence-corrected chi connectivity index (χ0v) is 11.7. The van der Waals surface area contributed by atoms with Crippen LogP contribution in [0.1, 0.15) is 0 Å². The van der Waals surface area contributed by atoms with Gasteiger partial charge in [-0.05, 0) is 0 Å². The third-order valence-electron chi connectivity index (χ3n) is 2.07. The minimum absolute atomic E-state index is 1.11. The molecule has 1 saturated heterocycles. The first kappa shape index (κ1) is 14.0. The molecule has 1 heterocycles. The Hall–Kier alpha value is 0.970. The molecule has 1 aliphatic heterocycles. The van der Waals surface area contributed by atoms with Crippen molar-refractivity contribution in [3.63, 3.8) is 0 Å². The first-order valence-electron chi connectivity index (χ1n) is 5.65. The molecule has 15 heavy (non-hydrogen) atoms. The van der Waals surface area contributed by atoms with Gasteiger partial charge in [0.25, 0.3) is 0 Å². The summed E-state index contributed by atoms with van der Waals surface area (Å²) in [5.74, 6) is 7.79. The van der Waals surface area contributed by atoms with E-state index in [9.17, 15) is 0 Å². The van der Waals surface area contributed by atoms with Crippen molar-refractivity contribution in [3.8, 4) is 0 Å². The molecule has 0 aliphatic carbocycles. The summed E-state index contributed by atoms with van der Waals surface area (Å²) >= 11 is 6.25. The number of thioether (sulfide) groups is 3. The Labute approximate surface area is 106 Å². The lowest BCUT2D eigenvalue weighted by molar-refractivity contribution is 0.645. The van der Waals surface area contributed by atoms with Crippen LogP contribution in [-0.4, -0.2) is 60.7 Å². The molecule has 90 valence electrons. The van der Waals surface area contributed by atoms with Crippen LogP contribution in [0.2, 0.25) is 0 Å². The molecule has 0 aromatic carbocycles. The van der Waals surface area contributed by atoms with Crippen molar-refractivity contribution in [2.45, 2.75) is 0 Å². The van der Waals surface area contributed by atoms with E-state index in [4.69, 9.17) is 0 Å². The van der Waals surface area contributed by atoms with Crippen molar-refractivity contribution < 1.29 is 0 Å². The van der Waals surface area contributed by atoms with Gasteiger partial charge in [0.05, 0.1) is 0 Å². The molecule has 0 atom stereocenters. The first-order chi connectivity index (χ1) is 7.50. The van der Waals surface area contributed by atoms with Crippen LogP contribution in [0.5, 0.6) is 0 Å². The fourth-order valence-electron chi connectivity index (χ4n) is 1.26. The largest absolute Gasteiger partial charge is 0.315 e. The summed E-state index contributed by atoms with van der Waals surface area (Å²) in [5, 5.41) is 6.92. The second kappa shape index (κ2) is 11.5. The lowest BCUT2D eigenvalue weighted by atomic mass is 10.5. The van der Waals surface area contributed by atoms with Gasteiger partial charge in [0, 0.05) is 60.7 Å². The lowest BCUT2D eigenvalue weighted by Gasteiger charge is -2.05. The second-order valence-electron chi connectivity index (χ2n) is 3.34. The summed E-state index contributed by atoms with van der Waals surface area (Å²) in [5.41, 5.74) is 0. The fraction of sp³-hybridized carbons (Fsp3) is 1.00. The van der Waals surface area contributed by atoms with Crippen molar-refractivity contribution in [2.24, 2.45) is 0 Å². The molecule has 0 amide bonds. The van der Waals surface area contributed by atoms with E-state index in [1.807, 2.05) is 0 Å². The molecule has 0 radical (unpaired) electrons. The maximum atomic E-state index is 3.46. The average Bonchev–Trinajstić information content (AvgIpc) is 2.27. The molecule has 0 unspecified atom stereocenters. The normalized spacial score (nSPS) is 24.0. The summed E-state index contributed by atoms with van der Waals surface area (Å²) < 4.78 is 0. The van der Waals surface area contributed by atoms with Crippen molar-refractivity contribution in [3.05, 3.63) is 0 Å². The Kier molecular flexibility index (Phi) is 10.7. The Morgan fingerprint density at radius 2 is 0.867 bits per heavy atom. The van der Waals surface area contributed by atoms with Crippen molar-refractivity contribution in [1.82, 2.24) is 10.6 Å². The minimum atomic E-state index is 1.11. The number of hydrogen-bond acceptors (Lipinski definition) is 5. The second-order valence-corrected chi connectivity index (χ2v) is 7.01. The quantitative estimate of drug-likeness (QED) is 0.690. The van der Waals surface area contributed by atoms with E-state index >= 15 is 0 Å². The number of nitrogens with one attached hydrogen (secondary N) is 2. The van der Waals surface area contributed by atoms with Crippen molar-refractivity contribution in [2.75, 3.05) is 60.7 Å². The van der Waals surface area contributed by atoms with Crippen LogP contribution in [0.15, 0.2) is 0 Å². The summed E-state index contributed by atoms with van der Waals surface area (Å²) in [6.07, 6.45) is 0. The molecule has 1 aliphatic rings. The molecule has 2 nitrogen and oxygen atoms in total. The molecule has 0 spiro atoms. The van der Waals surface area contributed by atoms with Crippen LogP contribution in [-0.2, 0) is 0 Å². The monoisotopic (exact) mass is 266 g/mol. The maximum Gasteiger partial charge on any atom is 0.00770 e. The van der Waals surface area contributed by atoms with E-state index < -0.39 is 0 Å². The van der Waals surface area contributed by atoms with Gasteiger partial charge in [-0.3, -0.25) is 0 Å². The van der Waals surface area contributed by atoms with Gasteiger partial charge in [-0.25, -0.2) is 0 Å². The van der Waals surface area contributed by atoms with E-state index in [0.717, 1.165) is 26.2 Å². The summed E-state index contributed by atoms with van der Waals surface area (Å²) in [6.45, 7) is 4.54. The van der Waals surface area contributed by atoms with E-state index in [0.29, 0.717) is 0 Å². The SMILES string of the molecule is C1CNCCSCCSCCSCCN1. The fourth-order valence-corrected chi connectivity index (χ4v) is 4.33. The molecule has 5 heteroatoms. The lowest BCUT2D eigenvalue weighted by Crippen LogP contribution is -2.29. The van der Waals surface area contributed by atoms with Gasteiger partial charge in [0.2, 0.25) is 0 Å². The topological polar surface area (TPSA) is 24.1 Å². The maximum absolute atomic E-state index is 3.46. The van der Waals surface area contributed by atoms with Crippen molar-refractivity contribution in [1.29, 1.82) is 0 Å². The zero-order chi connectivity index (χ0) is 10.6. The Morgan fingerprint density at radius 3 is 1.33 bits per heavy atom. The summed E-state index contributed by atoms with van der Waals surface area (Å²) in [4.78, 5) is 0. The minimum Gasteiger partial charge on any atom is -0.315 e. The molecule has 0 saturated carbocycles. The van der Waals surface area contributed by atoms with Gasteiger partial charge in [-0.2, -0.15) is 35.3 Å². The smallest absolute Gasteiger partial charge is 0.00770 e. The van der Waals surface area contributed by atoms with E-state index in [2.05, 4.69) is 45.9 Å². The van der Waals surface area contributed by atoms with Gasteiger partial charge in [0.15, 0.2) is 0 Å². The van der Waals surface area contributed by atoms with Crippen molar-refractivity contribution >= 4 is 35.3 Å².